The molecule has 1 aromatic carbocycles. The zero-order chi connectivity index (χ0) is 16.0. The van der Waals surface area contributed by atoms with Crippen molar-refractivity contribution in [3.05, 3.63) is 29.8 Å². The Labute approximate surface area is 120 Å². The van der Waals surface area contributed by atoms with Crippen molar-refractivity contribution in [3.63, 3.8) is 0 Å². The Balaban J connectivity index is 2.48. The van der Waals surface area contributed by atoms with Crippen LogP contribution in [0.1, 0.15) is 10.4 Å². The van der Waals surface area contributed by atoms with Gasteiger partial charge in [0.1, 0.15) is 0 Å². The van der Waals surface area contributed by atoms with Crippen LogP contribution in [0.25, 0.3) is 0 Å². The highest BCUT2D eigenvalue weighted by Gasteiger charge is 2.26. The average molecular weight is 303 g/mol. The number of halogens is 3. The second-order valence-corrected chi connectivity index (χ2v) is 4.54. The number of nitrogens with zero attached hydrogens (tertiary/aromatic N) is 1. The van der Waals surface area contributed by atoms with Gasteiger partial charge in [-0.2, -0.15) is 13.2 Å². The quantitative estimate of drug-likeness (QED) is 0.866. The van der Waals surface area contributed by atoms with Crippen LogP contribution in [0.15, 0.2) is 24.3 Å². The minimum absolute atomic E-state index is 0.181. The maximum Gasteiger partial charge on any atom is 0.401 e. The van der Waals surface area contributed by atoms with E-state index < -0.39 is 25.2 Å². The molecule has 2 amide bonds. The molecule has 0 fully saturated rings. The monoisotopic (exact) mass is 303 g/mol. The van der Waals surface area contributed by atoms with Gasteiger partial charge in [-0.05, 0) is 24.3 Å². The largest absolute Gasteiger partial charge is 0.401 e. The Morgan fingerprint density at radius 1 is 1.14 bits per heavy atom. The Morgan fingerprint density at radius 3 is 2.19 bits per heavy atom. The first-order valence-corrected chi connectivity index (χ1v) is 6.08. The van der Waals surface area contributed by atoms with Crippen molar-refractivity contribution >= 4 is 17.5 Å². The van der Waals surface area contributed by atoms with Crippen molar-refractivity contribution in [3.8, 4) is 0 Å². The molecule has 0 aliphatic rings. The minimum atomic E-state index is -4.35. The first-order valence-electron chi connectivity index (χ1n) is 6.08. The van der Waals surface area contributed by atoms with Gasteiger partial charge >= 0.3 is 6.18 Å². The van der Waals surface area contributed by atoms with E-state index in [0.717, 1.165) is 0 Å². The Bertz CT molecular complexity index is 498. The van der Waals surface area contributed by atoms with Crippen LogP contribution in [0.4, 0.5) is 18.9 Å². The fraction of sp³-hybridized carbons (Fsp3) is 0.385. The summed E-state index contributed by atoms with van der Waals surface area (Å²) in [6.07, 6.45) is -4.35. The van der Waals surface area contributed by atoms with Crippen LogP contribution in [-0.2, 0) is 4.79 Å². The van der Waals surface area contributed by atoms with Gasteiger partial charge in [0.2, 0.25) is 5.91 Å². The third-order valence-corrected chi connectivity index (χ3v) is 2.43. The number of nitrogens with one attached hydrogen (secondary N) is 2. The van der Waals surface area contributed by atoms with E-state index in [4.69, 9.17) is 0 Å². The van der Waals surface area contributed by atoms with E-state index in [1.54, 1.807) is 14.1 Å². The second-order valence-electron chi connectivity index (χ2n) is 4.54. The molecule has 0 aliphatic heterocycles. The van der Waals surface area contributed by atoms with Gasteiger partial charge in [-0.25, -0.2) is 0 Å². The molecule has 0 aliphatic carbocycles. The zero-order valence-electron chi connectivity index (χ0n) is 11.6. The molecule has 0 radical (unpaired) electrons. The van der Waals surface area contributed by atoms with Crippen molar-refractivity contribution < 1.29 is 22.8 Å². The summed E-state index contributed by atoms with van der Waals surface area (Å²) < 4.78 is 35.7. The maximum absolute atomic E-state index is 11.9. The summed E-state index contributed by atoms with van der Waals surface area (Å²) >= 11 is 0. The van der Waals surface area contributed by atoms with Gasteiger partial charge in [0.25, 0.3) is 5.91 Å². The van der Waals surface area contributed by atoms with Gasteiger partial charge < -0.3 is 15.5 Å². The van der Waals surface area contributed by atoms with E-state index in [-0.39, 0.29) is 5.91 Å². The van der Waals surface area contributed by atoms with E-state index in [2.05, 4.69) is 5.32 Å². The number of anilines is 1. The molecule has 0 saturated heterocycles. The summed E-state index contributed by atoms with van der Waals surface area (Å²) in [6.45, 7) is -1.67. The second kappa shape index (κ2) is 7.07. The van der Waals surface area contributed by atoms with E-state index in [1.165, 1.54) is 29.2 Å². The van der Waals surface area contributed by atoms with Gasteiger partial charge in [-0.1, -0.05) is 0 Å². The first-order chi connectivity index (χ1) is 9.69. The molecule has 116 valence electrons. The lowest BCUT2D eigenvalue weighted by molar-refractivity contribution is -0.126. The van der Waals surface area contributed by atoms with Gasteiger partial charge in [-0.3, -0.25) is 9.59 Å². The highest BCUT2D eigenvalue weighted by molar-refractivity contribution is 5.95. The third-order valence-electron chi connectivity index (χ3n) is 2.43. The Kier molecular flexibility index (Phi) is 5.71. The SMILES string of the molecule is CN(C)C(=O)c1ccc(NC(=O)CNCC(F)(F)F)cc1. The molecule has 0 heterocycles. The molecule has 0 unspecified atom stereocenters. The summed E-state index contributed by atoms with van der Waals surface area (Å²) in [5, 5.41) is 4.42. The number of alkyl halides is 3. The predicted octanol–water partition coefficient (Wildman–Crippen LogP) is 1.48. The van der Waals surface area contributed by atoms with E-state index in [9.17, 15) is 22.8 Å². The van der Waals surface area contributed by atoms with Crippen LogP contribution in [0.3, 0.4) is 0 Å². The van der Waals surface area contributed by atoms with Gasteiger partial charge in [0, 0.05) is 25.3 Å². The topological polar surface area (TPSA) is 61.4 Å². The maximum atomic E-state index is 11.9. The fourth-order valence-corrected chi connectivity index (χ4v) is 1.48. The molecular formula is C13H16F3N3O2. The highest BCUT2D eigenvalue weighted by atomic mass is 19.4. The lowest BCUT2D eigenvalue weighted by Crippen LogP contribution is -2.35. The minimum Gasteiger partial charge on any atom is -0.345 e. The normalized spacial score (nSPS) is 11.1. The fourth-order valence-electron chi connectivity index (χ4n) is 1.48. The van der Waals surface area contributed by atoms with Crippen LogP contribution in [0.2, 0.25) is 0 Å². The predicted molar refractivity (Wildman–Crippen MR) is 72.0 cm³/mol. The molecular weight excluding hydrogens is 287 g/mol. The van der Waals surface area contributed by atoms with Crippen LogP contribution < -0.4 is 10.6 Å². The van der Waals surface area contributed by atoms with Gasteiger partial charge in [0.15, 0.2) is 0 Å². The Morgan fingerprint density at radius 2 is 1.71 bits per heavy atom. The molecule has 1 rings (SSSR count). The molecule has 1 aromatic rings. The molecule has 8 heteroatoms. The number of amides is 2. The summed E-state index contributed by atoms with van der Waals surface area (Å²) in [7, 11) is 3.23. The van der Waals surface area contributed by atoms with Crippen molar-refractivity contribution in [2.75, 3.05) is 32.5 Å². The smallest absolute Gasteiger partial charge is 0.345 e. The number of hydrogen-bond acceptors (Lipinski definition) is 3. The molecule has 0 saturated carbocycles. The molecule has 5 nitrogen and oxygen atoms in total. The van der Waals surface area contributed by atoms with Gasteiger partial charge in [0.05, 0.1) is 13.1 Å². The van der Waals surface area contributed by atoms with Crippen molar-refractivity contribution in [2.45, 2.75) is 6.18 Å². The summed E-state index contributed by atoms with van der Waals surface area (Å²) in [4.78, 5) is 24.5. The number of carbonyl (C=O) groups is 2. The van der Waals surface area contributed by atoms with E-state index in [0.29, 0.717) is 11.3 Å². The molecule has 0 spiro atoms. The lowest BCUT2D eigenvalue weighted by atomic mass is 10.2. The third kappa shape index (κ3) is 6.26. The van der Waals surface area contributed by atoms with E-state index in [1.807, 2.05) is 5.32 Å². The van der Waals surface area contributed by atoms with Crippen molar-refractivity contribution in [1.82, 2.24) is 10.2 Å². The van der Waals surface area contributed by atoms with Crippen LogP contribution in [-0.4, -0.2) is 50.1 Å². The van der Waals surface area contributed by atoms with Gasteiger partial charge in [-0.15, -0.1) is 0 Å². The van der Waals surface area contributed by atoms with Crippen LogP contribution in [0.5, 0.6) is 0 Å². The van der Waals surface area contributed by atoms with Crippen molar-refractivity contribution in [1.29, 1.82) is 0 Å². The number of rotatable bonds is 5. The summed E-state index contributed by atoms with van der Waals surface area (Å²) in [5.41, 5.74) is 0.859. The molecule has 0 atom stereocenters. The standard InChI is InChI=1S/C13H16F3N3O2/c1-19(2)12(21)9-3-5-10(6-4-9)18-11(20)7-17-8-13(14,15)16/h3-6,17H,7-8H2,1-2H3,(H,18,20). The molecule has 2 N–H and O–H groups in total. The van der Waals surface area contributed by atoms with Crippen LogP contribution in [0, 0.1) is 0 Å². The molecule has 0 aromatic heterocycles. The average Bonchev–Trinajstić information content (AvgIpc) is 2.37. The number of carbonyl (C=O) groups excluding carboxylic acids is 2. The lowest BCUT2D eigenvalue weighted by Gasteiger charge is -2.11. The summed E-state index contributed by atoms with van der Waals surface area (Å²) in [5.74, 6) is -0.773. The van der Waals surface area contributed by atoms with E-state index >= 15 is 0 Å². The van der Waals surface area contributed by atoms with Crippen LogP contribution >= 0.6 is 0 Å². The Hall–Kier alpha value is -2.09. The first kappa shape index (κ1) is 17.0. The molecule has 0 bridgehead atoms. The summed E-state index contributed by atoms with van der Waals surface area (Å²) in [6, 6.07) is 6.08. The number of benzene rings is 1. The van der Waals surface area contributed by atoms with Crippen molar-refractivity contribution in [2.24, 2.45) is 0 Å². The highest BCUT2D eigenvalue weighted by Crippen LogP contribution is 2.12. The molecule has 21 heavy (non-hydrogen) atoms. The number of hydrogen-bond donors (Lipinski definition) is 2. The zero-order valence-corrected chi connectivity index (χ0v) is 11.6.